The molecule has 3 aromatic rings. The number of fused-ring (bicyclic) bond motifs is 1. The number of benzene rings is 3. The minimum absolute atomic E-state index is 0.114. The van der Waals surface area contributed by atoms with Gasteiger partial charge in [0.25, 0.3) is 0 Å². The molecule has 0 amide bonds. The first-order valence-electron chi connectivity index (χ1n) is 7.53. The molecule has 0 fully saturated rings. The van der Waals surface area contributed by atoms with Crippen molar-refractivity contribution in [3.63, 3.8) is 0 Å². The Bertz CT molecular complexity index is 859. The fourth-order valence-corrected chi connectivity index (χ4v) is 2.93. The second-order valence-corrected chi connectivity index (χ2v) is 6.65. The summed E-state index contributed by atoms with van der Waals surface area (Å²) in [4.78, 5) is 0. The third-order valence-electron chi connectivity index (χ3n) is 4.06. The lowest BCUT2D eigenvalue weighted by Gasteiger charge is -2.22. The molecule has 0 unspecified atom stereocenters. The number of rotatable bonds is 1. The van der Waals surface area contributed by atoms with E-state index in [0.717, 1.165) is 5.56 Å². The van der Waals surface area contributed by atoms with E-state index in [1.54, 1.807) is 0 Å². The van der Waals surface area contributed by atoms with Gasteiger partial charge in [-0.15, -0.1) is 0 Å². The van der Waals surface area contributed by atoms with E-state index < -0.39 is 0 Å². The van der Waals surface area contributed by atoms with Crippen LogP contribution in [0.15, 0.2) is 60.7 Å². The Morgan fingerprint density at radius 1 is 0.773 bits per heavy atom. The average molecular weight is 285 g/mol. The summed E-state index contributed by atoms with van der Waals surface area (Å²) in [7, 11) is 0. The van der Waals surface area contributed by atoms with Gasteiger partial charge >= 0.3 is 0 Å². The lowest BCUT2D eigenvalue weighted by atomic mass is 9.82. The van der Waals surface area contributed by atoms with Gasteiger partial charge in [-0.2, -0.15) is 5.26 Å². The van der Waals surface area contributed by atoms with Crippen LogP contribution in [0, 0.1) is 11.3 Å². The van der Waals surface area contributed by atoms with Crippen LogP contribution in [0.4, 0.5) is 0 Å². The minimum Gasteiger partial charge on any atom is -0.192 e. The van der Waals surface area contributed by atoms with Gasteiger partial charge in [0, 0.05) is 0 Å². The van der Waals surface area contributed by atoms with Crippen molar-refractivity contribution in [2.24, 2.45) is 0 Å². The summed E-state index contributed by atoms with van der Waals surface area (Å²) < 4.78 is 0. The lowest BCUT2D eigenvalue weighted by Crippen LogP contribution is -2.11. The van der Waals surface area contributed by atoms with Crippen LogP contribution in [-0.4, -0.2) is 0 Å². The van der Waals surface area contributed by atoms with Gasteiger partial charge in [-0.05, 0) is 45.0 Å². The van der Waals surface area contributed by atoms with Crippen LogP contribution in [-0.2, 0) is 5.41 Å². The molecule has 1 heteroatoms. The molecular formula is C21H19N. The van der Waals surface area contributed by atoms with Gasteiger partial charge in [0.15, 0.2) is 0 Å². The molecule has 0 aliphatic carbocycles. The summed E-state index contributed by atoms with van der Waals surface area (Å²) in [6.45, 7) is 6.74. The Kier molecular flexibility index (Phi) is 3.47. The van der Waals surface area contributed by atoms with Crippen molar-refractivity contribution in [1.82, 2.24) is 0 Å². The predicted molar refractivity (Wildman–Crippen MR) is 92.8 cm³/mol. The molecule has 0 bridgehead atoms. The summed E-state index contributed by atoms with van der Waals surface area (Å²) in [6, 6.07) is 23.0. The molecule has 22 heavy (non-hydrogen) atoms. The molecule has 3 aromatic carbocycles. The van der Waals surface area contributed by atoms with Crippen LogP contribution in [0.3, 0.4) is 0 Å². The molecule has 0 radical (unpaired) electrons. The van der Waals surface area contributed by atoms with E-state index in [0.29, 0.717) is 5.56 Å². The van der Waals surface area contributed by atoms with E-state index in [2.05, 4.69) is 63.2 Å². The first-order valence-corrected chi connectivity index (χ1v) is 7.53. The molecule has 0 heterocycles. The SMILES string of the molecule is CC(C)(C)c1ccc(-c2ccc(C#N)cc2)c2ccccc12. The molecular weight excluding hydrogens is 266 g/mol. The van der Waals surface area contributed by atoms with Gasteiger partial charge in [0.2, 0.25) is 0 Å². The van der Waals surface area contributed by atoms with Crippen LogP contribution in [0.1, 0.15) is 31.9 Å². The predicted octanol–water partition coefficient (Wildman–Crippen LogP) is 5.68. The minimum atomic E-state index is 0.114. The molecule has 3 rings (SSSR count). The summed E-state index contributed by atoms with van der Waals surface area (Å²) in [5, 5.41) is 11.5. The molecule has 0 aliphatic rings. The highest BCUT2D eigenvalue weighted by Gasteiger charge is 2.18. The third kappa shape index (κ3) is 2.49. The normalized spacial score (nSPS) is 11.4. The zero-order valence-corrected chi connectivity index (χ0v) is 13.2. The van der Waals surface area contributed by atoms with Crippen molar-refractivity contribution in [3.8, 4) is 17.2 Å². The summed E-state index contributed by atoms with van der Waals surface area (Å²) in [5.41, 5.74) is 4.53. The van der Waals surface area contributed by atoms with Crippen molar-refractivity contribution >= 4 is 10.8 Å². The number of hydrogen-bond acceptors (Lipinski definition) is 1. The fourth-order valence-electron chi connectivity index (χ4n) is 2.93. The highest BCUT2D eigenvalue weighted by Crippen LogP contribution is 2.35. The molecule has 0 spiro atoms. The van der Waals surface area contributed by atoms with Gasteiger partial charge in [-0.3, -0.25) is 0 Å². The van der Waals surface area contributed by atoms with E-state index >= 15 is 0 Å². The zero-order chi connectivity index (χ0) is 15.7. The van der Waals surface area contributed by atoms with Crippen LogP contribution >= 0.6 is 0 Å². The summed E-state index contributed by atoms with van der Waals surface area (Å²) in [6.07, 6.45) is 0. The van der Waals surface area contributed by atoms with Crippen LogP contribution in [0.5, 0.6) is 0 Å². The number of nitrogens with zero attached hydrogens (tertiary/aromatic N) is 1. The highest BCUT2D eigenvalue weighted by molar-refractivity contribution is 5.99. The van der Waals surface area contributed by atoms with Crippen molar-refractivity contribution < 1.29 is 0 Å². The Morgan fingerprint density at radius 2 is 1.41 bits per heavy atom. The standard InChI is InChI=1S/C21H19N/c1-21(2,3)20-13-12-17(18-6-4-5-7-19(18)20)16-10-8-15(14-22)9-11-16/h4-13H,1-3H3. The first-order chi connectivity index (χ1) is 10.5. The second kappa shape index (κ2) is 5.31. The Labute approximate surface area is 131 Å². The second-order valence-electron chi connectivity index (χ2n) is 6.65. The smallest absolute Gasteiger partial charge is 0.0991 e. The van der Waals surface area contributed by atoms with Crippen LogP contribution in [0.2, 0.25) is 0 Å². The topological polar surface area (TPSA) is 23.8 Å². The molecule has 0 saturated carbocycles. The van der Waals surface area contributed by atoms with Gasteiger partial charge in [0.1, 0.15) is 0 Å². The molecule has 0 aliphatic heterocycles. The number of hydrogen-bond donors (Lipinski definition) is 0. The highest BCUT2D eigenvalue weighted by atomic mass is 14.2. The molecule has 0 aromatic heterocycles. The molecule has 0 atom stereocenters. The van der Waals surface area contributed by atoms with E-state index in [1.165, 1.54) is 21.9 Å². The average Bonchev–Trinajstić information content (AvgIpc) is 2.53. The van der Waals surface area contributed by atoms with Gasteiger partial charge in [-0.25, -0.2) is 0 Å². The van der Waals surface area contributed by atoms with E-state index in [9.17, 15) is 0 Å². The van der Waals surface area contributed by atoms with Crippen molar-refractivity contribution in [2.75, 3.05) is 0 Å². The third-order valence-corrected chi connectivity index (χ3v) is 4.06. The molecule has 1 nitrogen and oxygen atoms in total. The van der Waals surface area contributed by atoms with Gasteiger partial charge in [0.05, 0.1) is 11.6 Å². The molecule has 0 saturated heterocycles. The maximum Gasteiger partial charge on any atom is 0.0991 e. The quantitative estimate of drug-likeness (QED) is 0.564. The lowest BCUT2D eigenvalue weighted by molar-refractivity contribution is 0.596. The maximum atomic E-state index is 8.95. The monoisotopic (exact) mass is 285 g/mol. The van der Waals surface area contributed by atoms with Crippen molar-refractivity contribution in [2.45, 2.75) is 26.2 Å². The molecule has 108 valence electrons. The van der Waals surface area contributed by atoms with Crippen molar-refractivity contribution in [3.05, 3.63) is 71.8 Å². The van der Waals surface area contributed by atoms with E-state index in [-0.39, 0.29) is 5.41 Å². The van der Waals surface area contributed by atoms with Gasteiger partial charge < -0.3 is 0 Å². The van der Waals surface area contributed by atoms with Crippen LogP contribution < -0.4 is 0 Å². The maximum absolute atomic E-state index is 8.95. The Morgan fingerprint density at radius 3 is 2.00 bits per heavy atom. The molecule has 0 N–H and O–H groups in total. The van der Waals surface area contributed by atoms with Gasteiger partial charge in [-0.1, -0.05) is 69.3 Å². The largest absolute Gasteiger partial charge is 0.192 e. The zero-order valence-electron chi connectivity index (χ0n) is 13.2. The first kappa shape index (κ1) is 14.4. The Balaban J connectivity index is 2.26. The van der Waals surface area contributed by atoms with E-state index in [4.69, 9.17) is 5.26 Å². The van der Waals surface area contributed by atoms with E-state index in [1.807, 2.05) is 24.3 Å². The fraction of sp³-hybridized carbons (Fsp3) is 0.190. The summed E-state index contributed by atoms with van der Waals surface area (Å²) in [5.74, 6) is 0. The summed E-state index contributed by atoms with van der Waals surface area (Å²) >= 11 is 0. The van der Waals surface area contributed by atoms with Crippen molar-refractivity contribution in [1.29, 1.82) is 5.26 Å². The Hall–Kier alpha value is -2.59. The van der Waals surface area contributed by atoms with Crippen LogP contribution in [0.25, 0.3) is 21.9 Å². The number of nitriles is 1.